The number of carboxylic acid groups (broad SMARTS) is 1. The molecule has 3 amide bonds. The number of alkyl halides is 3. The van der Waals surface area contributed by atoms with Gasteiger partial charge in [-0.3, -0.25) is 9.59 Å². The normalized spacial score (nSPS) is 23.8. The minimum Gasteiger partial charge on any atom is -0.491 e. The molecular weight excluding hydrogens is 529 g/mol. The van der Waals surface area contributed by atoms with Crippen LogP contribution in [0.15, 0.2) is 28.4 Å². The van der Waals surface area contributed by atoms with E-state index < -0.39 is 23.9 Å². The number of hydrogen-bond donors (Lipinski definition) is 5. The Hall–Kier alpha value is -3.07. The molecule has 11 nitrogen and oxygen atoms in total. The van der Waals surface area contributed by atoms with Crippen LogP contribution in [0, 0.1) is 0 Å². The molecule has 3 aliphatic heterocycles. The Morgan fingerprint density at radius 3 is 2.74 bits per heavy atom. The molecule has 1 aromatic carbocycles. The predicted octanol–water partition coefficient (Wildman–Crippen LogP) is 2.04. The molecule has 3 heterocycles. The van der Waals surface area contributed by atoms with Crippen molar-refractivity contribution in [3.05, 3.63) is 29.3 Å². The number of carbonyl (C=O) groups is 3. The van der Waals surface area contributed by atoms with Crippen LogP contribution in [0.5, 0.6) is 5.75 Å². The third kappa shape index (κ3) is 6.31. The van der Waals surface area contributed by atoms with Crippen molar-refractivity contribution in [3.63, 3.8) is 0 Å². The van der Waals surface area contributed by atoms with Crippen LogP contribution in [-0.2, 0) is 21.7 Å². The number of unbranched alkanes of at least 4 members (excludes halogenated alkanes) is 1. The molecular formula is C23H29F3N6O5S. The molecule has 0 bridgehead atoms. The average molecular weight is 559 g/mol. The minimum atomic E-state index is -4.72. The van der Waals surface area contributed by atoms with Crippen LogP contribution >= 0.6 is 11.8 Å². The highest BCUT2D eigenvalue weighted by Gasteiger charge is 2.65. The molecule has 0 spiro atoms. The van der Waals surface area contributed by atoms with E-state index in [2.05, 4.69) is 26.2 Å². The highest BCUT2D eigenvalue weighted by atomic mass is 32.2. The molecule has 208 valence electrons. The van der Waals surface area contributed by atoms with Gasteiger partial charge in [-0.15, -0.1) is 10.2 Å². The minimum absolute atomic E-state index is 0.0234. The van der Waals surface area contributed by atoms with Crippen LogP contribution in [0.25, 0.3) is 0 Å². The van der Waals surface area contributed by atoms with Crippen LogP contribution in [0.3, 0.4) is 0 Å². The van der Waals surface area contributed by atoms with E-state index in [4.69, 9.17) is 15.6 Å². The lowest BCUT2D eigenvalue weighted by Crippen LogP contribution is -2.36. The summed E-state index contributed by atoms with van der Waals surface area (Å²) in [6.07, 6.45) is -2.18. The van der Waals surface area contributed by atoms with Crippen molar-refractivity contribution in [2.24, 2.45) is 16.0 Å². The van der Waals surface area contributed by atoms with Gasteiger partial charge in [0.15, 0.2) is 0 Å². The second-order valence-electron chi connectivity index (χ2n) is 9.41. The van der Waals surface area contributed by atoms with Crippen LogP contribution in [0.4, 0.5) is 18.0 Å². The van der Waals surface area contributed by atoms with Gasteiger partial charge in [-0.2, -0.15) is 24.9 Å². The van der Waals surface area contributed by atoms with Gasteiger partial charge in [-0.1, -0.05) is 18.6 Å². The van der Waals surface area contributed by atoms with Gasteiger partial charge >= 0.3 is 23.8 Å². The monoisotopic (exact) mass is 558 g/mol. The number of ether oxygens (including phenoxy) is 1. The van der Waals surface area contributed by atoms with Crippen LogP contribution in [-0.4, -0.2) is 71.5 Å². The third-order valence-corrected chi connectivity index (χ3v) is 8.19. The standard InChI is InChI=1S/C23H29F3N6O5S/c24-23(25,26)22(31-32-22)13-6-5-12(9-14(27)20(34)35)16(10-13)37-8-7-28-18(33)4-2-1-3-17-19-15(11-38-17)29-21(36)30-19/h5-6,10,14-15,17,19H,1-4,7-9,11,27H2,(H,28,33)(H,34,35)(H2,29,30,36)/t14-,15-,17-,19-/m0/s1. The summed E-state index contributed by atoms with van der Waals surface area (Å²) in [5.41, 5.74) is 3.01. The van der Waals surface area contributed by atoms with E-state index in [1.165, 1.54) is 12.1 Å². The fourth-order valence-electron chi connectivity index (χ4n) is 4.56. The van der Waals surface area contributed by atoms with Gasteiger partial charge in [-0.25, -0.2) is 4.79 Å². The highest BCUT2D eigenvalue weighted by Crippen LogP contribution is 2.53. The van der Waals surface area contributed by atoms with E-state index in [0.29, 0.717) is 23.7 Å². The lowest BCUT2D eigenvalue weighted by molar-refractivity contribution is -0.166. The molecule has 4 atom stereocenters. The molecule has 2 fully saturated rings. The van der Waals surface area contributed by atoms with Crippen molar-refractivity contribution in [2.45, 2.75) is 67.3 Å². The number of rotatable bonds is 13. The van der Waals surface area contributed by atoms with Gasteiger partial charge in [0.05, 0.1) is 18.6 Å². The molecule has 0 aromatic heterocycles. The summed E-state index contributed by atoms with van der Waals surface area (Å²) in [5.74, 6) is -0.547. The van der Waals surface area contributed by atoms with E-state index in [9.17, 15) is 27.6 Å². The van der Waals surface area contributed by atoms with Gasteiger partial charge in [0.1, 0.15) is 18.4 Å². The van der Waals surface area contributed by atoms with Gasteiger partial charge in [0, 0.05) is 29.4 Å². The Balaban J connectivity index is 1.23. The molecule has 15 heteroatoms. The maximum atomic E-state index is 13.4. The predicted molar refractivity (Wildman–Crippen MR) is 131 cm³/mol. The summed E-state index contributed by atoms with van der Waals surface area (Å²) in [5, 5.41) is 24.3. The Morgan fingerprint density at radius 1 is 1.29 bits per heavy atom. The molecule has 0 radical (unpaired) electrons. The molecule has 6 N–H and O–H groups in total. The molecule has 1 aromatic rings. The summed E-state index contributed by atoms with van der Waals surface area (Å²) in [4.78, 5) is 34.8. The topological polar surface area (TPSA) is 167 Å². The number of nitrogens with two attached hydrogens (primary N) is 1. The number of thioether (sulfide) groups is 1. The quantitative estimate of drug-likeness (QED) is 0.182. The smallest absolute Gasteiger partial charge is 0.442 e. The fourth-order valence-corrected chi connectivity index (χ4v) is 6.10. The van der Waals surface area contributed by atoms with Gasteiger partial charge in [0.2, 0.25) is 5.91 Å². The van der Waals surface area contributed by atoms with Gasteiger partial charge < -0.3 is 31.5 Å². The molecule has 38 heavy (non-hydrogen) atoms. The van der Waals surface area contributed by atoms with Gasteiger partial charge in [0.25, 0.3) is 0 Å². The maximum Gasteiger partial charge on any atom is 0.442 e. The first-order valence-electron chi connectivity index (χ1n) is 12.2. The van der Waals surface area contributed by atoms with Crippen molar-refractivity contribution in [1.29, 1.82) is 0 Å². The number of carbonyl (C=O) groups excluding carboxylic acids is 2. The van der Waals surface area contributed by atoms with E-state index in [1.807, 2.05) is 11.8 Å². The number of fused-ring (bicyclic) bond motifs is 1. The molecule has 0 unspecified atom stereocenters. The summed E-state index contributed by atoms with van der Waals surface area (Å²) < 4.78 is 45.9. The van der Waals surface area contributed by atoms with Crippen molar-refractivity contribution >= 4 is 29.7 Å². The maximum absolute atomic E-state index is 13.4. The molecule has 0 aliphatic carbocycles. The number of carboxylic acids is 1. The Kier molecular flexibility index (Phi) is 8.35. The SMILES string of the molecule is N[C@@H](Cc1ccc(C2(C(F)(F)F)N=N2)cc1OCCNC(=O)CCCC[C@@H]1SC[C@@H]2NC(=O)N[C@@H]21)C(=O)O. The summed E-state index contributed by atoms with van der Waals surface area (Å²) in [6.45, 7) is 0.0544. The second kappa shape index (κ2) is 11.4. The van der Waals surface area contributed by atoms with E-state index in [1.54, 1.807) is 0 Å². The highest BCUT2D eigenvalue weighted by molar-refractivity contribution is 8.00. The summed E-state index contributed by atoms with van der Waals surface area (Å²) in [6, 6.07) is 2.51. The number of benzene rings is 1. The summed E-state index contributed by atoms with van der Waals surface area (Å²) in [7, 11) is 0. The first-order chi connectivity index (χ1) is 18.0. The van der Waals surface area contributed by atoms with Crippen molar-refractivity contribution < 1.29 is 37.4 Å². The second-order valence-corrected chi connectivity index (χ2v) is 10.7. The number of urea groups is 1. The third-order valence-electron chi connectivity index (χ3n) is 6.68. The van der Waals surface area contributed by atoms with E-state index in [0.717, 1.165) is 24.7 Å². The first-order valence-corrected chi connectivity index (χ1v) is 13.3. The Morgan fingerprint density at radius 2 is 2.05 bits per heavy atom. The van der Waals surface area contributed by atoms with Crippen LogP contribution < -0.4 is 26.4 Å². The van der Waals surface area contributed by atoms with E-state index in [-0.39, 0.29) is 54.9 Å². The summed E-state index contributed by atoms with van der Waals surface area (Å²) >= 11 is 1.81. The fraction of sp³-hybridized carbons (Fsp3) is 0.609. The zero-order chi connectivity index (χ0) is 27.5. The number of halogens is 3. The zero-order valence-corrected chi connectivity index (χ0v) is 21.1. The lowest BCUT2D eigenvalue weighted by atomic mass is 9.97. The molecule has 2 saturated heterocycles. The number of aliphatic carboxylic acids is 1. The van der Waals surface area contributed by atoms with E-state index >= 15 is 0 Å². The van der Waals surface area contributed by atoms with Crippen molar-refractivity contribution in [3.8, 4) is 5.75 Å². The number of nitrogens with zero attached hydrogens (tertiary/aromatic N) is 2. The Labute approximate surface area is 220 Å². The van der Waals surface area contributed by atoms with Crippen LogP contribution in [0.2, 0.25) is 0 Å². The number of hydrogen-bond acceptors (Lipinski definition) is 8. The first kappa shape index (κ1) is 28.0. The lowest BCUT2D eigenvalue weighted by Gasteiger charge is -2.19. The number of amides is 3. The van der Waals surface area contributed by atoms with Crippen LogP contribution in [0.1, 0.15) is 36.8 Å². The van der Waals surface area contributed by atoms with Crippen molar-refractivity contribution in [2.75, 3.05) is 18.9 Å². The van der Waals surface area contributed by atoms with Crippen molar-refractivity contribution in [1.82, 2.24) is 16.0 Å². The number of nitrogens with one attached hydrogen (secondary N) is 3. The molecule has 0 saturated carbocycles. The largest absolute Gasteiger partial charge is 0.491 e. The zero-order valence-electron chi connectivity index (χ0n) is 20.3. The Bertz CT molecular complexity index is 1100. The average Bonchev–Trinajstić information content (AvgIpc) is 3.49. The molecule has 3 aliphatic rings. The molecule has 4 rings (SSSR count). The van der Waals surface area contributed by atoms with Gasteiger partial charge in [-0.05, 0) is 24.5 Å².